The third kappa shape index (κ3) is 13.8. The van der Waals surface area contributed by atoms with Crippen molar-refractivity contribution in [3.05, 3.63) is 28.2 Å². The second-order valence-corrected chi connectivity index (χ2v) is 9.03. The highest BCUT2D eigenvalue weighted by Gasteiger charge is 2.08. The van der Waals surface area contributed by atoms with Crippen LogP contribution in [-0.2, 0) is 4.74 Å². The van der Waals surface area contributed by atoms with Gasteiger partial charge in [0.1, 0.15) is 0 Å². The van der Waals surface area contributed by atoms with Crippen molar-refractivity contribution in [2.45, 2.75) is 110 Å². The van der Waals surface area contributed by atoms with E-state index < -0.39 is 0 Å². The van der Waals surface area contributed by atoms with Crippen LogP contribution in [0.3, 0.4) is 0 Å². The molecule has 0 saturated carbocycles. The predicted molar refractivity (Wildman–Crippen MR) is 128 cm³/mol. The Kier molecular flexibility index (Phi) is 16.0. The van der Waals surface area contributed by atoms with E-state index in [1.54, 1.807) is 18.2 Å². The van der Waals surface area contributed by atoms with E-state index in [1.165, 1.54) is 89.9 Å². The topological polar surface area (TPSA) is 52.3 Å². The van der Waals surface area contributed by atoms with Crippen LogP contribution in [0.4, 0.5) is 5.69 Å². The first-order chi connectivity index (χ1) is 14.1. The van der Waals surface area contributed by atoms with E-state index in [-0.39, 0.29) is 5.97 Å². The summed E-state index contributed by atoms with van der Waals surface area (Å²) in [6.07, 6.45) is 21.5. The van der Waals surface area contributed by atoms with Gasteiger partial charge in [0.05, 0.1) is 12.2 Å². The molecule has 0 saturated heterocycles. The summed E-state index contributed by atoms with van der Waals surface area (Å²) in [6.45, 7) is 2.78. The van der Waals surface area contributed by atoms with E-state index in [9.17, 15) is 4.79 Å². The van der Waals surface area contributed by atoms with Crippen LogP contribution in [0.1, 0.15) is 120 Å². The predicted octanol–water partition coefficient (Wildman–Crippen LogP) is 8.45. The first-order valence-electron chi connectivity index (χ1n) is 11.9. The Hall–Kier alpha value is -1.03. The fourth-order valence-corrected chi connectivity index (χ4v) is 3.93. The summed E-state index contributed by atoms with van der Waals surface area (Å²) in [7, 11) is 0. The van der Waals surface area contributed by atoms with E-state index in [2.05, 4.69) is 22.9 Å². The smallest absolute Gasteiger partial charge is 0.338 e. The van der Waals surface area contributed by atoms with Gasteiger partial charge in [0.2, 0.25) is 0 Å². The van der Waals surface area contributed by atoms with E-state index in [0.717, 1.165) is 17.3 Å². The standard InChI is InChI=1S/C25H42BrNO2/c1-2-3-4-5-6-7-8-9-10-11-12-13-14-15-16-17-20-29-25(28)22-18-19-24(27)23(26)21-22/h18-19,21H,2-17,20,27H2,1H3. The molecule has 0 amide bonds. The van der Waals surface area contributed by atoms with Crippen molar-refractivity contribution in [3.8, 4) is 0 Å². The van der Waals surface area contributed by atoms with Gasteiger partial charge in [-0.25, -0.2) is 4.79 Å². The number of hydrogen-bond donors (Lipinski definition) is 1. The molecule has 1 aromatic rings. The van der Waals surface area contributed by atoms with Gasteiger partial charge in [-0.1, -0.05) is 103 Å². The molecular formula is C25H42BrNO2. The zero-order valence-corrected chi connectivity index (χ0v) is 20.1. The van der Waals surface area contributed by atoms with Crippen molar-refractivity contribution >= 4 is 27.6 Å². The minimum atomic E-state index is -0.272. The summed E-state index contributed by atoms with van der Waals surface area (Å²) in [5.74, 6) is -0.272. The quantitative estimate of drug-likeness (QED) is 0.134. The van der Waals surface area contributed by atoms with E-state index >= 15 is 0 Å². The molecule has 0 aromatic heterocycles. The number of esters is 1. The average Bonchev–Trinajstić information content (AvgIpc) is 2.72. The summed E-state index contributed by atoms with van der Waals surface area (Å²) in [5.41, 5.74) is 6.90. The van der Waals surface area contributed by atoms with Crippen molar-refractivity contribution < 1.29 is 9.53 Å². The lowest BCUT2D eigenvalue weighted by Crippen LogP contribution is -2.06. The van der Waals surface area contributed by atoms with Crippen LogP contribution >= 0.6 is 15.9 Å². The molecule has 0 unspecified atom stereocenters. The highest BCUT2D eigenvalue weighted by Crippen LogP contribution is 2.21. The number of anilines is 1. The maximum Gasteiger partial charge on any atom is 0.338 e. The summed E-state index contributed by atoms with van der Waals surface area (Å²) in [4.78, 5) is 12.0. The van der Waals surface area contributed by atoms with Crippen molar-refractivity contribution in [3.63, 3.8) is 0 Å². The zero-order valence-electron chi connectivity index (χ0n) is 18.5. The number of carbonyl (C=O) groups is 1. The fourth-order valence-electron chi connectivity index (χ4n) is 3.55. The van der Waals surface area contributed by atoms with Gasteiger partial charge in [0.25, 0.3) is 0 Å². The molecule has 3 nitrogen and oxygen atoms in total. The zero-order chi connectivity index (χ0) is 21.2. The number of hydrogen-bond acceptors (Lipinski definition) is 3. The van der Waals surface area contributed by atoms with E-state index in [1.807, 2.05) is 0 Å². The third-order valence-electron chi connectivity index (χ3n) is 5.47. The molecule has 0 aliphatic rings. The lowest BCUT2D eigenvalue weighted by molar-refractivity contribution is 0.0497. The Balaban J connectivity index is 1.83. The summed E-state index contributed by atoms with van der Waals surface area (Å²) in [6, 6.07) is 5.14. The molecule has 1 aromatic carbocycles. The number of ether oxygens (including phenoxy) is 1. The van der Waals surface area contributed by atoms with Gasteiger partial charge in [-0.2, -0.15) is 0 Å². The minimum absolute atomic E-state index is 0.272. The summed E-state index contributed by atoms with van der Waals surface area (Å²) >= 11 is 3.34. The number of carbonyl (C=O) groups excluding carboxylic acids is 1. The monoisotopic (exact) mass is 467 g/mol. The molecule has 0 fully saturated rings. The number of unbranched alkanes of at least 4 members (excludes halogenated alkanes) is 15. The summed E-state index contributed by atoms with van der Waals surface area (Å²) < 4.78 is 6.07. The third-order valence-corrected chi connectivity index (χ3v) is 6.15. The molecule has 0 aliphatic heterocycles. The number of halogens is 1. The largest absolute Gasteiger partial charge is 0.462 e. The maximum atomic E-state index is 12.0. The maximum absolute atomic E-state index is 12.0. The highest BCUT2D eigenvalue weighted by atomic mass is 79.9. The van der Waals surface area contributed by atoms with E-state index in [4.69, 9.17) is 10.5 Å². The molecule has 0 heterocycles. The van der Waals surface area contributed by atoms with Gasteiger partial charge in [-0.05, 0) is 40.5 Å². The van der Waals surface area contributed by atoms with Crippen LogP contribution in [0.25, 0.3) is 0 Å². The van der Waals surface area contributed by atoms with E-state index in [0.29, 0.717) is 17.9 Å². The molecule has 1 rings (SSSR count). The van der Waals surface area contributed by atoms with Crippen LogP contribution < -0.4 is 5.73 Å². The van der Waals surface area contributed by atoms with Crippen LogP contribution in [0.2, 0.25) is 0 Å². The molecule has 0 bridgehead atoms. The second kappa shape index (κ2) is 17.8. The number of benzene rings is 1. The van der Waals surface area contributed by atoms with Gasteiger partial charge >= 0.3 is 5.97 Å². The van der Waals surface area contributed by atoms with Crippen LogP contribution in [0.5, 0.6) is 0 Å². The minimum Gasteiger partial charge on any atom is -0.462 e. The summed E-state index contributed by atoms with van der Waals surface area (Å²) in [5, 5.41) is 0. The van der Waals surface area contributed by atoms with Crippen molar-refractivity contribution in [2.24, 2.45) is 0 Å². The average molecular weight is 469 g/mol. The van der Waals surface area contributed by atoms with Gasteiger partial charge < -0.3 is 10.5 Å². The SMILES string of the molecule is CCCCCCCCCCCCCCCCCCOC(=O)c1ccc(N)c(Br)c1. The molecule has 0 radical (unpaired) electrons. The lowest BCUT2D eigenvalue weighted by Gasteiger charge is -2.06. The van der Waals surface area contributed by atoms with Crippen molar-refractivity contribution in [2.75, 3.05) is 12.3 Å². The van der Waals surface area contributed by atoms with Crippen molar-refractivity contribution in [1.29, 1.82) is 0 Å². The Morgan fingerprint density at radius 3 is 1.69 bits per heavy atom. The lowest BCUT2D eigenvalue weighted by atomic mass is 10.0. The van der Waals surface area contributed by atoms with Gasteiger partial charge in [0.15, 0.2) is 0 Å². The fraction of sp³-hybridized carbons (Fsp3) is 0.720. The van der Waals surface area contributed by atoms with Gasteiger partial charge in [-0.15, -0.1) is 0 Å². The van der Waals surface area contributed by atoms with Crippen LogP contribution in [0.15, 0.2) is 22.7 Å². The molecule has 4 heteroatoms. The first-order valence-corrected chi connectivity index (χ1v) is 12.7. The first kappa shape index (κ1) is 26.0. The normalized spacial score (nSPS) is 11.0. The highest BCUT2D eigenvalue weighted by molar-refractivity contribution is 9.10. The number of rotatable bonds is 18. The molecule has 0 aliphatic carbocycles. The van der Waals surface area contributed by atoms with Crippen LogP contribution in [-0.4, -0.2) is 12.6 Å². The molecule has 29 heavy (non-hydrogen) atoms. The molecule has 0 atom stereocenters. The Bertz CT molecular complexity index is 548. The van der Waals surface area contributed by atoms with Crippen LogP contribution in [0, 0.1) is 0 Å². The Morgan fingerprint density at radius 2 is 1.24 bits per heavy atom. The number of nitrogens with two attached hydrogens (primary N) is 1. The second-order valence-electron chi connectivity index (χ2n) is 8.18. The van der Waals surface area contributed by atoms with Gasteiger partial charge in [-0.3, -0.25) is 0 Å². The van der Waals surface area contributed by atoms with Gasteiger partial charge in [0, 0.05) is 10.2 Å². The molecule has 0 spiro atoms. The molecule has 2 N–H and O–H groups in total. The Labute approximate surface area is 187 Å². The van der Waals surface area contributed by atoms with Crippen molar-refractivity contribution in [1.82, 2.24) is 0 Å². The molecule has 166 valence electrons. The number of nitrogen functional groups attached to an aromatic ring is 1. The Morgan fingerprint density at radius 1 is 0.793 bits per heavy atom. The molecular weight excluding hydrogens is 426 g/mol.